The van der Waals surface area contributed by atoms with Crippen LogP contribution in [-0.2, 0) is 14.4 Å². The highest BCUT2D eigenvalue weighted by atomic mass is 32.2. The number of nitrogens with one attached hydrogen (secondary N) is 1. The predicted octanol–water partition coefficient (Wildman–Crippen LogP) is 0.635. The summed E-state index contributed by atoms with van der Waals surface area (Å²) in [6.07, 6.45) is 2.03. The molecule has 3 rings (SSSR count). The van der Waals surface area contributed by atoms with Gasteiger partial charge in [-0.15, -0.1) is 0 Å². The highest BCUT2D eigenvalue weighted by Gasteiger charge is 2.31. The maximum Gasteiger partial charge on any atom is 0.240 e. The van der Waals surface area contributed by atoms with Crippen molar-refractivity contribution in [3.8, 4) is 0 Å². The number of nitrogens with zero attached hydrogens (tertiary/aromatic N) is 2. The Morgan fingerprint density at radius 2 is 1.96 bits per heavy atom. The fraction of sp³-hybridized carbons (Fsp3) is 0.562. The normalized spacial score (nSPS) is 20.4. The molecular formula is C16H21N3O4S. The minimum Gasteiger partial charge on any atom is -0.468 e. The molecule has 1 unspecified atom stereocenters. The number of rotatable bonds is 6. The van der Waals surface area contributed by atoms with Gasteiger partial charge in [0.05, 0.1) is 12.3 Å². The zero-order valence-electron chi connectivity index (χ0n) is 13.4. The average Bonchev–Trinajstić information content (AvgIpc) is 3.22. The molecule has 1 aromatic heterocycles. The smallest absolute Gasteiger partial charge is 0.240 e. The summed E-state index contributed by atoms with van der Waals surface area (Å²) in [5.74, 6) is 2.07. The van der Waals surface area contributed by atoms with E-state index in [0.29, 0.717) is 6.54 Å². The Bertz CT molecular complexity index is 582. The minimum atomic E-state index is -0.318. The summed E-state index contributed by atoms with van der Waals surface area (Å²) in [4.78, 5) is 38.7. The number of carbonyl (C=O) groups excluding carboxylic acids is 3. The summed E-state index contributed by atoms with van der Waals surface area (Å²) < 4.78 is 5.53. The van der Waals surface area contributed by atoms with E-state index in [-0.39, 0.29) is 43.1 Å². The molecule has 0 aromatic carbocycles. The van der Waals surface area contributed by atoms with Gasteiger partial charge in [0.15, 0.2) is 0 Å². The van der Waals surface area contributed by atoms with Crippen LogP contribution in [0, 0.1) is 0 Å². The number of thioether (sulfide) groups is 1. The number of likely N-dealkylation sites (tertiary alicyclic amines) is 1. The molecule has 2 saturated heterocycles. The maximum absolute atomic E-state index is 12.1. The lowest BCUT2D eigenvalue weighted by molar-refractivity contribution is -0.142. The van der Waals surface area contributed by atoms with Crippen molar-refractivity contribution >= 4 is 29.5 Å². The summed E-state index contributed by atoms with van der Waals surface area (Å²) in [6.45, 7) is 2.08. The molecule has 0 radical (unpaired) electrons. The molecule has 2 aliphatic heterocycles. The van der Waals surface area contributed by atoms with Gasteiger partial charge in [-0.25, -0.2) is 0 Å². The second-order valence-electron chi connectivity index (χ2n) is 5.86. The molecule has 24 heavy (non-hydrogen) atoms. The second kappa shape index (κ2) is 7.85. The fourth-order valence-electron chi connectivity index (χ4n) is 2.99. The number of amides is 3. The monoisotopic (exact) mass is 351 g/mol. The number of hydrogen-bond acceptors (Lipinski definition) is 6. The lowest BCUT2D eigenvalue weighted by Crippen LogP contribution is -2.45. The summed E-state index contributed by atoms with van der Waals surface area (Å²) in [5.41, 5.74) is 0. The molecule has 8 heteroatoms. The predicted molar refractivity (Wildman–Crippen MR) is 89.3 cm³/mol. The van der Waals surface area contributed by atoms with Gasteiger partial charge in [0.25, 0.3) is 0 Å². The molecule has 130 valence electrons. The Labute approximate surface area is 144 Å². The Morgan fingerprint density at radius 3 is 2.58 bits per heavy atom. The van der Waals surface area contributed by atoms with Crippen molar-refractivity contribution in [2.75, 3.05) is 37.7 Å². The van der Waals surface area contributed by atoms with E-state index in [2.05, 4.69) is 10.2 Å². The van der Waals surface area contributed by atoms with Gasteiger partial charge in [-0.1, -0.05) is 0 Å². The van der Waals surface area contributed by atoms with Crippen LogP contribution in [0.2, 0.25) is 0 Å². The van der Waals surface area contributed by atoms with Crippen LogP contribution in [0.5, 0.6) is 0 Å². The van der Waals surface area contributed by atoms with Gasteiger partial charge >= 0.3 is 0 Å². The van der Waals surface area contributed by atoms with E-state index in [1.807, 2.05) is 23.9 Å². The van der Waals surface area contributed by atoms with Gasteiger partial charge in [-0.3, -0.25) is 24.2 Å². The minimum absolute atomic E-state index is 0.0326. The third kappa shape index (κ3) is 3.99. The van der Waals surface area contributed by atoms with Crippen molar-refractivity contribution in [3.05, 3.63) is 24.2 Å². The first-order valence-corrected chi connectivity index (χ1v) is 9.25. The zero-order valence-corrected chi connectivity index (χ0v) is 14.2. The summed E-state index contributed by atoms with van der Waals surface area (Å²) in [6, 6.07) is 3.71. The quantitative estimate of drug-likeness (QED) is 0.757. The van der Waals surface area contributed by atoms with Crippen molar-refractivity contribution in [3.63, 3.8) is 0 Å². The molecule has 3 heterocycles. The van der Waals surface area contributed by atoms with E-state index in [1.165, 1.54) is 0 Å². The molecule has 3 amide bonds. The highest BCUT2D eigenvalue weighted by Crippen LogP contribution is 2.24. The first-order valence-electron chi connectivity index (χ1n) is 8.10. The molecule has 7 nitrogen and oxygen atoms in total. The molecule has 2 aliphatic rings. The fourth-order valence-corrected chi connectivity index (χ4v) is 3.92. The summed E-state index contributed by atoms with van der Waals surface area (Å²) >= 11 is 1.92. The van der Waals surface area contributed by atoms with Crippen molar-refractivity contribution in [2.24, 2.45) is 0 Å². The SMILES string of the molecule is O=C(CN1C(=O)CCC1=O)NCC(c1ccco1)N1CCSCC1. The van der Waals surface area contributed by atoms with Crippen molar-refractivity contribution in [1.82, 2.24) is 15.1 Å². The van der Waals surface area contributed by atoms with E-state index in [4.69, 9.17) is 4.42 Å². The van der Waals surface area contributed by atoms with Crippen LogP contribution < -0.4 is 5.32 Å². The Morgan fingerprint density at radius 1 is 1.25 bits per heavy atom. The first-order chi connectivity index (χ1) is 11.6. The number of carbonyl (C=O) groups is 3. The van der Waals surface area contributed by atoms with Crippen molar-refractivity contribution < 1.29 is 18.8 Å². The van der Waals surface area contributed by atoms with Crippen LogP contribution in [0.4, 0.5) is 0 Å². The largest absolute Gasteiger partial charge is 0.468 e. The zero-order chi connectivity index (χ0) is 16.9. The molecule has 1 aromatic rings. The Balaban J connectivity index is 1.57. The highest BCUT2D eigenvalue weighted by molar-refractivity contribution is 7.99. The molecule has 0 bridgehead atoms. The molecule has 2 fully saturated rings. The molecule has 0 aliphatic carbocycles. The van der Waals surface area contributed by atoms with E-state index in [9.17, 15) is 14.4 Å². The number of furan rings is 1. The Hall–Kier alpha value is -1.80. The summed E-state index contributed by atoms with van der Waals surface area (Å²) in [7, 11) is 0. The Kier molecular flexibility index (Phi) is 5.57. The lowest BCUT2D eigenvalue weighted by atomic mass is 10.2. The first kappa shape index (κ1) is 17.0. The van der Waals surface area contributed by atoms with Crippen LogP contribution in [0.25, 0.3) is 0 Å². The van der Waals surface area contributed by atoms with Gasteiger partial charge in [-0.05, 0) is 12.1 Å². The standard InChI is InChI=1S/C16H21N3O4S/c20-14(11-19-15(21)3-4-16(19)22)17-10-12(13-2-1-7-23-13)18-5-8-24-9-6-18/h1-2,7,12H,3-6,8-11H2,(H,17,20). The topological polar surface area (TPSA) is 82.9 Å². The number of hydrogen-bond donors (Lipinski definition) is 1. The average molecular weight is 351 g/mol. The molecular weight excluding hydrogens is 330 g/mol. The third-order valence-electron chi connectivity index (χ3n) is 4.31. The lowest BCUT2D eigenvalue weighted by Gasteiger charge is -2.33. The van der Waals surface area contributed by atoms with Gasteiger partial charge in [0, 0.05) is 44.0 Å². The van der Waals surface area contributed by atoms with E-state index < -0.39 is 0 Å². The van der Waals surface area contributed by atoms with E-state index in [0.717, 1.165) is 35.3 Å². The van der Waals surface area contributed by atoms with Crippen LogP contribution in [0.3, 0.4) is 0 Å². The van der Waals surface area contributed by atoms with Gasteiger partial charge in [0.2, 0.25) is 17.7 Å². The maximum atomic E-state index is 12.1. The van der Waals surface area contributed by atoms with Crippen molar-refractivity contribution in [2.45, 2.75) is 18.9 Å². The van der Waals surface area contributed by atoms with Crippen LogP contribution >= 0.6 is 11.8 Å². The van der Waals surface area contributed by atoms with Gasteiger partial charge < -0.3 is 9.73 Å². The summed E-state index contributed by atoms with van der Waals surface area (Å²) in [5, 5.41) is 2.84. The van der Waals surface area contributed by atoms with Crippen molar-refractivity contribution in [1.29, 1.82) is 0 Å². The molecule has 0 spiro atoms. The van der Waals surface area contributed by atoms with Gasteiger partial charge in [-0.2, -0.15) is 11.8 Å². The second-order valence-corrected chi connectivity index (χ2v) is 7.08. The van der Waals surface area contributed by atoms with Gasteiger partial charge in [0.1, 0.15) is 12.3 Å². The molecule has 1 atom stereocenters. The molecule has 1 N–H and O–H groups in total. The number of imide groups is 1. The van der Waals surface area contributed by atoms with Crippen LogP contribution in [0.15, 0.2) is 22.8 Å². The van der Waals surface area contributed by atoms with Crippen LogP contribution in [0.1, 0.15) is 24.6 Å². The third-order valence-corrected chi connectivity index (χ3v) is 5.25. The molecule has 0 saturated carbocycles. The van der Waals surface area contributed by atoms with E-state index in [1.54, 1.807) is 6.26 Å². The van der Waals surface area contributed by atoms with Crippen LogP contribution in [-0.4, -0.2) is 65.2 Å². The van der Waals surface area contributed by atoms with E-state index >= 15 is 0 Å².